The van der Waals surface area contributed by atoms with E-state index in [1.165, 1.54) is 12.4 Å². The van der Waals surface area contributed by atoms with Gasteiger partial charge in [-0.1, -0.05) is 0 Å². The molecule has 1 unspecified atom stereocenters. The number of carbonyl (C=O) groups is 2. The first-order valence-corrected chi connectivity index (χ1v) is 7.00. The topological polar surface area (TPSA) is 105 Å². The second kappa shape index (κ2) is 5.96. The molecule has 1 amide bonds. The molecular formula is C13H14N4O3S. The van der Waals surface area contributed by atoms with Crippen LogP contribution in [0, 0.1) is 13.8 Å². The fourth-order valence-electron chi connectivity index (χ4n) is 1.64. The Kier molecular flexibility index (Phi) is 4.27. The number of carboxylic acid groups (broad SMARTS) is 1. The van der Waals surface area contributed by atoms with Crippen LogP contribution in [0.4, 0.5) is 0 Å². The SMILES string of the molecule is Cc1cnc(C(=O)NC(C)c2nc(C)c(C(=O)O)s2)cn1. The zero-order valence-corrected chi connectivity index (χ0v) is 12.6. The lowest BCUT2D eigenvalue weighted by Gasteiger charge is -2.10. The molecule has 0 spiro atoms. The first kappa shape index (κ1) is 15.0. The Balaban J connectivity index is 2.12. The summed E-state index contributed by atoms with van der Waals surface area (Å²) in [6.45, 7) is 5.15. The average Bonchev–Trinajstić information content (AvgIpc) is 2.81. The number of thiazole rings is 1. The zero-order valence-electron chi connectivity index (χ0n) is 11.7. The number of carboxylic acids is 1. The molecule has 7 nitrogen and oxygen atoms in total. The van der Waals surface area contributed by atoms with Crippen LogP contribution in [0.25, 0.3) is 0 Å². The first-order valence-electron chi connectivity index (χ1n) is 6.18. The highest BCUT2D eigenvalue weighted by Crippen LogP contribution is 2.23. The number of hydrogen-bond donors (Lipinski definition) is 2. The Morgan fingerprint density at radius 1 is 1.29 bits per heavy atom. The van der Waals surface area contributed by atoms with Crippen LogP contribution in [0.2, 0.25) is 0 Å². The second-order valence-electron chi connectivity index (χ2n) is 4.51. The lowest BCUT2D eigenvalue weighted by Crippen LogP contribution is -2.27. The van der Waals surface area contributed by atoms with Crippen molar-refractivity contribution in [2.45, 2.75) is 26.8 Å². The Bertz CT molecular complexity index is 681. The van der Waals surface area contributed by atoms with Crippen LogP contribution in [0.3, 0.4) is 0 Å². The summed E-state index contributed by atoms with van der Waals surface area (Å²) in [5.41, 5.74) is 1.37. The maximum atomic E-state index is 12.0. The summed E-state index contributed by atoms with van der Waals surface area (Å²) in [5.74, 6) is -1.39. The normalized spacial score (nSPS) is 12.0. The Morgan fingerprint density at radius 3 is 2.52 bits per heavy atom. The summed E-state index contributed by atoms with van der Waals surface area (Å²) in [5, 5.41) is 12.3. The molecule has 0 aliphatic rings. The van der Waals surface area contributed by atoms with Crippen molar-refractivity contribution in [1.82, 2.24) is 20.3 Å². The van der Waals surface area contributed by atoms with E-state index in [9.17, 15) is 9.59 Å². The van der Waals surface area contributed by atoms with Gasteiger partial charge in [-0.05, 0) is 20.8 Å². The summed E-state index contributed by atoms with van der Waals surface area (Å²) < 4.78 is 0. The monoisotopic (exact) mass is 306 g/mol. The largest absolute Gasteiger partial charge is 0.477 e. The van der Waals surface area contributed by atoms with Crippen LogP contribution in [0.15, 0.2) is 12.4 Å². The van der Waals surface area contributed by atoms with Gasteiger partial charge in [0.15, 0.2) is 0 Å². The van der Waals surface area contributed by atoms with E-state index >= 15 is 0 Å². The van der Waals surface area contributed by atoms with Gasteiger partial charge in [0.25, 0.3) is 5.91 Å². The number of aromatic carboxylic acids is 1. The van der Waals surface area contributed by atoms with Crippen LogP contribution in [-0.4, -0.2) is 31.9 Å². The lowest BCUT2D eigenvalue weighted by molar-refractivity contribution is 0.0701. The fourth-order valence-corrected chi connectivity index (χ4v) is 2.55. The van der Waals surface area contributed by atoms with Crippen molar-refractivity contribution in [2.24, 2.45) is 0 Å². The van der Waals surface area contributed by atoms with Gasteiger partial charge in [0.1, 0.15) is 15.6 Å². The second-order valence-corrected chi connectivity index (χ2v) is 5.54. The number of aryl methyl sites for hydroxylation is 2. The Hall–Kier alpha value is -2.35. The van der Waals surface area contributed by atoms with E-state index in [4.69, 9.17) is 5.11 Å². The number of amides is 1. The number of nitrogens with one attached hydrogen (secondary N) is 1. The zero-order chi connectivity index (χ0) is 15.6. The van der Waals surface area contributed by atoms with Gasteiger partial charge in [0.2, 0.25) is 0 Å². The molecule has 0 saturated heterocycles. The van der Waals surface area contributed by atoms with E-state index in [2.05, 4.69) is 20.3 Å². The van der Waals surface area contributed by atoms with E-state index in [0.717, 1.165) is 17.0 Å². The number of aromatic nitrogens is 3. The maximum Gasteiger partial charge on any atom is 0.347 e. The van der Waals surface area contributed by atoms with Gasteiger partial charge in [0, 0.05) is 6.20 Å². The number of rotatable bonds is 4. The summed E-state index contributed by atoms with van der Waals surface area (Å²) >= 11 is 1.05. The van der Waals surface area contributed by atoms with Crippen LogP contribution in [0.1, 0.15) is 49.5 Å². The van der Waals surface area contributed by atoms with E-state index in [0.29, 0.717) is 10.7 Å². The molecule has 2 N–H and O–H groups in total. The molecule has 2 aromatic rings. The fraction of sp³-hybridized carbons (Fsp3) is 0.308. The van der Waals surface area contributed by atoms with Crippen molar-refractivity contribution in [3.8, 4) is 0 Å². The van der Waals surface area contributed by atoms with Crippen molar-refractivity contribution in [3.63, 3.8) is 0 Å². The molecular weight excluding hydrogens is 292 g/mol. The molecule has 0 aromatic carbocycles. The molecule has 110 valence electrons. The molecule has 1 atom stereocenters. The average molecular weight is 306 g/mol. The maximum absolute atomic E-state index is 12.0. The number of carbonyl (C=O) groups excluding carboxylic acids is 1. The quantitative estimate of drug-likeness (QED) is 0.891. The van der Waals surface area contributed by atoms with Crippen LogP contribution in [-0.2, 0) is 0 Å². The van der Waals surface area contributed by atoms with Gasteiger partial charge in [-0.25, -0.2) is 14.8 Å². The van der Waals surface area contributed by atoms with E-state index in [1.807, 2.05) is 0 Å². The van der Waals surface area contributed by atoms with Gasteiger partial charge in [-0.2, -0.15) is 0 Å². The highest BCUT2D eigenvalue weighted by molar-refractivity contribution is 7.13. The minimum absolute atomic E-state index is 0.182. The van der Waals surface area contributed by atoms with Crippen molar-refractivity contribution in [2.75, 3.05) is 0 Å². The van der Waals surface area contributed by atoms with Crippen molar-refractivity contribution < 1.29 is 14.7 Å². The first-order chi connectivity index (χ1) is 9.88. The minimum Gasteiger partial charge on any atom is -0.477 e. The van der Waals surface area contributed by atoms with Gasteiger partial charge in [-0.3, -0.25) is 9.78 Å². The Labute approximate surface area is 125 Å². The van der Waals surface area contributed by atoms with Crippen molar-refractivity contribution in [3.05, 3.63) is 39.4 Å². The number of hydrogen-bond acceptors (Lipinski definition) is 6. The minimum atomic E-state index is -1.01. The van der Waals surface area contributed by atoms with E-state index in [-0.39, 0.29) is 16.5 Å². The summed E-state index contributed by atoms with van der Waals surface area (Å²) in [7, 11) is 0. The third-order valence-electron chi connectivity index (χ3n) is 2.74. The van der Waals surface area contributed by atoms with Gasteiger partial charge in [0.05, 0.1) is 23.6 Å². The molecule has 0 saturated carbocycles. The third kappa shape index (κ3) is 3.40. The van der Waals surface area contributed by atoms with Gasteiger partial charge in [-0.15, -0.1) is 11.3 Å². The van der Waals surface area contributed by atoms with Crippen LogP contribution < -0.4 is 5.32 Å². The van der Waals surface area contributed by atoms with E-state index in [1.54, 1.807) is 20.8 Å². The molecule has 2 rings (SSSR count). The molecule has 8 heteroatoms. The van der Waals surface area contributed by atoms with Crippen molar-refractivity contribution >= 4 is 23.2 Å². The molecule has 0 aliphatic carbocycles. The molecule has 0 aliphatic heterocycles. The molecule has 0 bridgehead atoms. The molecule has 0 fully saturated rings. The van der Waals surface area contributed by atoms with Crippen molar-refractivity contribution in [1.29, 1.82) is 0 Å². The summed E-state index contributed by atoms with van der Waals surface area (Å²) in [4.78, 5) is 35.4. The van der Waals surface area contributed by atoms with Gasteiger partial charge < -0.3 is 10.4 Å². The number of nitrogens with zero attached hydrogens (tertiary/aromatic N) is 3. The highest BCUT2D eigenvalue weighted by atomic mass is 32.1. The van der Waals surface area contributed by atoms with Crippen LogP contribution >= 0.6 is 11.3 Å². The van der Waals surface area contributed by atoms with E-state index < -0.39 is 12.0 Å². The predicted octanol–water partition coefficient (Wildman–Crippen LogP) is 1.74. The molecule has 2 aromatic heterocycles. The molecule has 21 heavy (non-hydrogen) atoms. The highest BCUT2D eigenvalue weighted by Gasteiger charge is 2.20. The smallest absolute Gasteiger partial charge is 0.347 e. The standard InChI is InChI=1S/C13H14N4O3S/c1-6-4-15-9(5-14-6)11(18)16-8(3)12-17-7(2)10(21-12)13(19)20/h4-5,8H,1-3H3,(H,16,18)(H,19,20). The third-order valence-corrected chi connectivity index (χ3v) is 4.07. The molecule has 0 radical (unpaired) electrons. The van der Waals surface area contributed by atoms with Gasteiger partial charge >= 0.3 is 5.97 Å². The van der Waals surface area contributed by atoms with Crippen LogP contribution in [0.5, 0.6) is 0 Å². The summed E-state index contributed by atoms with van der Waals surface area (Å²) in [6.07, 6.45) is 2.91. The Morgan fingerprint density at radius 2 is 2.00 bits per heavy atom. The molecule has 2 heterocycles. The predicted molar refractivity (Wildman–Crippen MR) is 76.5 cm³/mol. The lowest BCUT2D eigenvalue weighted by atomic mass is 10.3. The summed E-state index contributed by atoms with van der Waals surface area (Å²) in [6, 6.07) is -0.405.